The molecule has 0 unspecified atom stereocenters. The van der Waals surface area contributed by atoms with Crippen LogP contribution in [0.3, 0.4) is 0 Å². The highest BCUT2D eigenvalue weighted by Crippen LogP contribution is 2.33. The minimum Gasteiger partial charge on any atom is -0.351 e. The van der Waals surface area contributed by atoms with Crippen LogP contribution in [0.15, 0.2) is 28.9 Å². The fourth-order valence-corrected chi connectivity index (χ4v) is 4.13. The highest BCUT2D eigenvalue weighted by molar-refractivity contribution is 7.22. The number of thiazole rings is 1. The standard InChI is InChI=1S/C17H18N4O2S/c1-11-3-4-12(2)15-14(11)19-17(24-15)21-9-7-20(8-10-21)16(22)13-5-6-18-23-13/h3-6H,7-10H2,1-2H3. The Morgan fingerprint density at radius 3 is 2.54 bits per heavy atom. The number of anilines is 1. The van der Waals surface area contributed by atoms with E-state index in [2.05, 4.69) is 36.0 Å². The predicted octanol–water partition coefficient (Wildman–Crippen LogP) is 2.86. The molecular weight excluding hydrogens is 324 g/mol. The van der Waals surface area contributed by atoms with E-state index in [0.29, 0.717) is 18.8 Å². The fourth-order valence-electron chi connectivity index (χ4n) is 2.97. The first-order valence-corrected chi connectivity index (χ1v) is 8.77. The summed E-state index contributed by atoms with van der Waals surface area (Å²) in [5, 5.41) is 4.64. The summed E-state index contributed by atoms with van der Waals surface area (Å²) in [6.45, 7) is 7.09. The molecule has 2 aromatic heterocycles. The van der Waals surface area contributed by atoms with E-state index in [1.807, 2.05) is 0 Å². The molecule has 1 aromatic carbocycles. The van der Waals surface area contributed by atoms with Crippen molar-refractivity contribution in [2.45, 2.75) is 13.8 Å². The molecule has 6 nitrogen and oxygen atoms in total. The van der Waals surface area contributed by atoms with Gasteiger partial charge in [0.15, 0.2) is 5.13 Å². The molecule has 1 aliphatic heterocycles. The Hall–Kier alpha value is -2.41. The summed E-state index contributed by atoms with van der Waals surface area (Å²) >= 11 is 1.73. The second-order valence-electron chi connectivity index (χ2n) is 6.03. The first kappa shape index (κ1) is 15.1. The smallest absolute Gasteiger partial charge is 0.292 e. The summed E-state index contributed by atoms with van der Waals surface area (Å²) in [6, 6.07) is 5.87. The number of fused-ring (bicyclic) bond motifs is 1. The Balaban J connectivity index is 1.51. The number of aromatic nitrogens is 2. The third kappa shape index (κ3) is 2.54. The Bertz CT molecular complexity index is 841. The summed E-state index contributed by atoms with van der Waals surface area (Å²) in [6.07, 6.45) is 1.50. The molecule has 4 rings (SSSR count). The lowest BCUT2D eigenvalue weighted by Crippen LogP contribution is -2.48. The summed E-state index contributed by atoms with van der Waals surface area (Å²) in [4.78, 5) is 21.2. The van der Waals surface area contributed by atoms with E-state index < -0.39 is 0 Å². The van der Waals surface area contributed by atoms with Gasteiger partial charge in [-0.25, -0.2) is 4.98 Å². The monoisotopic (exact) mass is 342 g/mol. The normalized spacial score (nSPS) is 15.2. The number of amides is 1. The number of aryl methyl sites for hydroxylation is 2. The first-order valence-electron chi connectivity index (χ1n) is 7.95. The molecule has 24 heavy (non-hydrogen) atoms. The molecule has 0 bridgehead atoms. The van der Waals surface area contributed by atoms with Gasteiger partial charge in [-0.2, -0.15) is 0 Å². The Morgan fingerprint density at radius 1 is 1.12 bits per heavy atom. The second kappa shape index (κ2) is 5.90. The largest absolute Gasteiger partial charge is 0.351 e. The van der Waals surface area contributed by atoms with Crippen molar-refractivity contribution in [3.63, 3.8) is 0 Å². The lowest BCUT2D eigenvalue weighted by molar-refractivity contribution is 0.0705. The second-order valence-corrected chi connectivity index (χ2v) is 7.01. The van der Waals surface area contributed by atoms with Crippen LogP contribution in [-0.4, -0.2) is 47.1 Å². The van der Waals surface area contributed by atoms with Gasteiger partial charge in [-0.15, -0.1) is 0 Å². The lowest BCUT2D eigenvalue weighted by Gasteiger charge is -2.33. The van der Waals surface area contributed by atoms with Crippen molar-refractivity contribution in [1.29, 1.82) is 0 Å². The topological polar surface area (TPSA) is 62.5 Å². The van der Waals surface area contributed by atoms with E-state index >= 15 is 0 Å². The molecule has 0 aliphatic carbocycles. The van der Waals surface area contributed by atoms with Crippen molar-refractivity contribution in [1.82, 2.24) is 15.0 Å². The number of carbonyl (C=O) groups excluding carboxylic acids is 1. The molecule has 7 heteroatoms. The summed E-state index contributed by atoms with van der Waals surface area (Å²) in [7, 11) is 0. The van der Waals surface area contributed by atoms with Gasteiger partial charge in [0, 0.05) is 32.2 Å². The van der Waals surface area contributed by atoms with Crippen LogP contribution in [0.2, 0.25) is 0 Å². The van der Waals surface area contributed by atoms with Crippen LogP contribution in [0.5, 0.6) is 0 Å². The third-order valence-electron chi connectivity index (χ3n) is 4.42. The van der Waals surface area contributed by atoms with E-state index in [1.165, 1.54) is 22.0 Å². The van der Waals surface area contributed by atoms with E-state index in [-0.39, 0.29) is 5.91 Å². The molecule has 1 saturated heterocycles. The Labute approximate surface area is 143 Å². The molecule has 124 valence electrons. The third-order valence-corrected chi connectivity index (χ3v) is 5.67. The number of hydrogen-bond acceptors (Lipinski definition) is 6. The number of benzene rings is 1. The number of hydrogen-bond donors (Lipinski definition) is 0. The van der Waals surface area contributed by atoms with Crippen molar-refractivity contribution in [2.75, 3.05) is 31.1 Å². The lowest BCUT2D eigenvalue weighted by atomic mass is 10.1. The maximum Gasteiger partial charge on any atom is 0.292 e. The van der Waals surface area contributed by atoms with Gasteiger partial charge in [0.1, 0.15) is 0 Å². The summed E-state index contributed by atoms with van der Waals surface area (Å²) < 4.78 is 6.22. The Kier molecular flexibility index (Phi) is 3.72. The number of piperazine rings is 1. The molecule has 0 radical (unpaired) electrons. The first-order chi connectivity index (χ1) is 11.6. The van der Waals surface area contributed by atoms with Gasteiger partial charge in [-0.1, -0.05) is 28.6 Å². The molecule has 3 heterocycles. The molecule has 0 N–H and O–H groups in total. The molecule has 1 fully saturated rings. The van der Waals surface area contributed by atoms with Crippen molar-refractivity contribution in [3.05, 3.63) is 41.3 Å². The highest BCUT2D eigenvalue weighted by Gasteiger charge is 2.25. The van der Waals surface area contributed by atoms with Gasteiger partial charge >= 0.3 is 0 Å². The van der Waals surface area contributed by atoms with Gasteiger partial charge in [-0.05, 0) is 25.0 Å². The average molecular weight is 342 g/mol. The maximum absolute atomic E-state index is 12.3. The molecule has 0 saturated carbocycles. The maximum atomic E-state index is 12.3. The van der Waals surface area contributed by atoms with Crippen LogP contribution < -0.4 is 4.90 Å². The van der Waals surface area contributed by atoms with Crippen LogP contribution in [0.1, 0.15) is 21.7 Å². The minimum absolute atomic E-state index is 0.0943. The zero-order chi connectivity index (χ0) is 16.7. The molecule has 0 spiro atoms. The zero-order valence-electron chi connectivity index (χ0n) is 13.7. The summed E-state index contributed by atoms with van der Waals surface area (Å²) in [5.41, 5.74) is 3.56. The quantitative estimate of drug-likeness (QED) is 0.717. The van der Waals surface area contributed by atoms with Gasteiger partial charge in [0.25, 0.3) is 5.91 Å². The van der Waals surface area contributed by atoms with Crippen molar-refractivity contribution in [2.24, 2.45) is 0 Å². The van der Waals surface area contributed by atoms with Crippen LogP contribution >= 0.6 is 11.3 Å². The zero-order valence-corrected chi connectivity index (χ0v) is 14.5. The Morgan fingerprint density at radius 2 is 1.88 bits per heavy atom. The molecule has 0 atom stereocenters. The van der Waals surface area contributed by atoms with Gasteiger partial charge in [0.05, 0.1) is 16.4 Å². The predicted molar refractivity (Wildman–Crippen MR) is 93.7 cm³/mol. The molecular formula is C17H18N4O2S. The van der Waals surface area contributed by atoms with E-state index in [9.17, 15) is 4.79 Å². The number of nitrogens with zero attached hydrogens (tertiary/aromatic N) is 4. The van der Waals surface area contributed by atoms with Crippen molar-refractivity contribution < 1.29 is 9.32 Å². The molecule has 1 aliphatic rings. The average Bonchev–Trinajstić information content (AvgIpc) is 3.28. The van der Waals surface area contributed by atoms with Gasteiger partial charge < -0.3 is 14.3 Å². The fraction of sp³-hybridized carbons (Fsp3) is 0.353. The van der Waals surface area contributed by atoms with Crippen LogP contribution in [0.25, 0.3) is 10.2 Å². The van der Waals surface area contributed by atoms with Gasteiger partial charge in [0.2, 0.25) is 5.76 Å². The SMILES string of the molecule is Cc1ccc(C)c2sc(N3CCN(C(=O)c4ccno4)CC3)nc12. The van der Waals surface area contributed by atoms with E-state index in [0.717, 1.165) is 23.7 Å². The summed E-state index contributed by atoms with van der Waals surface area (Å²) in [5.74, 6) is 0.206. The number of carbonyl (C=O) groups is 1. The highest BCUT2D eigenvalue weighted by atomic mass is 32.1. The van der Waals surface area contributed by atoms with E-state index in [1.54, 1.807) is 22.3 Å². The van der Waals surface area contributed by atoms with Crippen molar-refractivity contribution >= 4 is 32.6 Å². The van der Waals surface area contributed by atoms with Gasteiger partial charge in [-0.3, -0.25) is 4.79 Å². The molecule has 1 amide bonds. The van der Waals surface area contributed by atoms with E-state index in [4.69, 9.17) is 9.51 Å². The number of rotatable bonds is 2. The van der Waals surface area contributed by atoms with Crippen LogP contribution in [0.4, 0.5) is 5.13 Å². The molecule has 3 aromatic rings. The van der Waals surface area contributed by atoms with Crippen molar-refractivity contribution in [3.8, 4) is 0 Å². The van der Waals surface area contributed by atoms with Crippen LogP contribution in [-0.2, 0) is 0 Å². The minimum atomic E-state index is -0.0943. The van der Waals surface area contributed by atoms with Crippen LogP contribution in [0, 0.1) is 13.8 Å².